The average molecular weight is 324 g/mol. The molecular weight excluding hydrogens is 304 g/mol. The van der Waals surface area contributed by atoms with Gasteiger partial charge < -0.3 is 9.64 Å². The molecule has 22 heavy (non-hydrogen) atoms. The molecule has 0 N–H and O–H groups in total. The lowest BCUT2D eigenvalue weighted by molar-refractivity contribution is -0.128. The summed E-state index contributed by atoms with van der Waals surface area (Å²) >= 11 is 0. The van der Waals surface area contributed by atoms with Crippen LogP contribution >= 0.6 is 0 Å². The monoisotopic (exact) mass is 324 g/mol. The summed E-state index contributed by atoms with van der Waals surface area (Å²) in [6.07, 6.45) is 1.41. The second-order valence-corrected chi connectivity index (χ2v) is 7.57. The van der Waals surface area contributed by atoms with Gasteiger partial charge in [0.25, 0.3) is 0 Å². The van der Waals surface area contributed by atoms with Crippen LogP contribution < -0.4 is 4.74 Å². The van der Waals surface area contributed by atoms with E-state index in [4.69, 9.17) is 4.74 Å². The van der Waals surface area contributed by atoms with Gasteiger partial charge in [-0.3, -0.25) is 4.79 Å². The molecule has 3 rings (SSSR count). The van der Waals surface area contributed by atoms with Crippen molar-refractivity contribution in [2.45, 2.75) is 24.7 Å². The first-order valence-corrected chi connectivity index (χ1v) is 8.94. The topological polar surface area (TPSA) is 66.9 Å². The number of carbonyl (C=O) groups is 1. The van der Waals surface area contributed by atoms with Gasteiger partial charge in [-0.05, 0) is 30.2 Å². The number of carbonyl (C=O) groups excluding carboxylic acids is 1. The summed E-state index contributed by atoms with van der Waals surface area (Å²) in [4.78, 5) is 13.5. The maximum Gasteiger partial charge on any atom is 0.243 e. The normalized spacial score (nSPS) is 19.4. The number of nitrogens with zero attached hydrogens (tertiary/aromatic N) is 2. The van der Waals surface area contributed by atoms with Crippen LogP contribution in [-0.4, -0.2) is 56.3 Å². The van der Waals surface area contributed by atoms with Crippen LogP contribution in [0.4, 0.5) is 0 Å². The Hall–Kier alpha value is -1.60. The average Bonchev–Trinajstić information content (AvgIpc) is 2.80. The number of sulfonamides is 1. The number of hydrogen-bond acceptors (Lipinski definition) is 4. The van der Waals surface area contributed by atoms with Crippen molar-refractivity contribution in [3.05, 3.63) is 23.8 Å². The minimum absolute atomic E-state index is 0.00562. The van der Waals surface area contributed by atoms with Crippen molar-refractivity contribution in [1.29, 1.82) is 0 Å². The lowest BCUT2D eigenvalue weighted by Crippen LogP contribution is -2.36. The fraction of sp³-hybridized carbons (Fsp3) is 0.533. The number of amides is 1. The van der Waals surface area contributed by atoms with Crippen LogP contribution in [0.15, 0.2) is 23.1 Å². The Balaban J connectivity index is 1.82. The Morgan fingerprint density at radius 2 is 2.00 bits per heavy atom. The summed E-state index contributed by atoms with van der Waals surface area (Å²) in [6, 6.07) is 5.05. The number of hydrogen-bond donors (Lipinski definition) is 0. The van der Waals surface area contributed by atoms with Gasteiger partial charge >= 0.3 is 0 Å². The zero-order chi connectivity index (χ0) is 15.7. The van der Waals surface area contributed by atoms with Crippen molar-refractivity contribution in [3.8, 4) is 5.75 Å². The molecule has 1 aromatic rings. The van der Waals surface area contributed by atoms with E-state index in [0.717, 1.165) is 17.7 Å². The smallest absolute Gasteiger partial charge is 0.243 e. The molecule has 0 saturated carbocycles. The third-order valence-corrected chi connectivity index (χ3v) is 6.09. The largest absolute Gasteiger partial charge is 0.493 e. The van der Waals surface area contributed by atoms with Gasteiger partial charge in [-0.1, -0.05) is 0 Å². The molecule has 1 amide bonds. The van der Waals surface area contributed by atoms with Gasteiger partial charge in [-0.15, -0.1) is 0 Å². The molecule has 0 unspecified atom stereocenters. The maximum absolute atomic E-state index is 12.8. The molecule has 2 aliphatic heterocycles. The molecule has 6 nitrogen and oxygen atoms in total. The Morgan fingerprint density at radius 1 is 1.18 bits per heavy atom. The first-order valence-electron chi connectivity index (χ1n) is 7.50. The lowest BCUT2D eigenvalue weighted by atomic mass is 10.2. The van der Waals surface area contributed by atoms with Gasteiger partial charge in [0.05, 0.1) is 11.5 Å². The summed E-state index contributed by atoms with van der Waals surface area (Å²) in [6.45, 7) is 3.97. The second-order valence-electron chi connectivity index (χ2n) is 5.63. The quantitative estimate of drug-likeness (QED) is 0.809. The molecule has 2 heterocycles. The van der Waals surface area contributed by atoms with E-state index in [1.165, 1.54) is 11.2 Å². The van der Waals surface area contributed by atoms with Gasteiger partial charge in [0.2, 0.25) is 15.9 Å². The SMILES string of the molecule is CC(=O)N1CCCN(S(=O)(=O)c2ccc3c(c2)CCO3)CC1. The van der Waals surface area contributed by atoms with Gasteiger partial charge in [-0.2, -0.15) is 4.31 Å². The van der Waals surface area contributed by atoms with Crippen molar-refractivity contribution in [1.82, 2.24) is 9.21 Å². The van der Waals surface area contributed by atoms with E-state index in [1.54, 1.807) is 23.1 Å². The second kappa shape index (κ2) is 5.89. The first kappa shape index (κ1) is 15.3. The van der Waals surface area contributed by atoms with Gasteiger partial charge in [0.1, 0.15) is 5.75 Å². The third kappa shape index (κ3) is 2.83. The summed E-state index contributed by atoms with van der Waals surface area (Å²) < 4.78 is 32.5. The predicted octanol–water partition coefficient (Wildman–Crippen LogP) is 0.864. The van der Waals surface area contributed by atoms with Crippen molar-refractivity contribution in [2.24, 2.45) is 0 Å². The molecule has 0 spiro atoms. The summed E-state index contributed by atoms with van der Waals surface area (Å²) in [5.41, 5.74) is 0.946. The molecule has 120 valence electrons. The van der Waals surface area contributed by atoms with Crippen LogP contribution in [0, 0.1) is 0 Å². The predicted molar refractivity (Wildman–Crippen MR) is 81.3 cm³/mol. The molecule has 1 fully saturated rings. The van der Waals surface area contributed by atoms with E-state index in [0.29, 0.717) is 44.1 Å². The highest BCUT2D eigenvalue weighted by atomic mass is 32.2. The third-order valence-electron chi connectivity index (χ3n) is 4.20. The van der Waals surface area contributed by atoms with Crippen LogP contribution in [0.1, 0.15) is 18.9 Å². The highest BCUT2D eigenvalue weighted by Crippen LogP contribution is 2.29. The highest BCUT2D eigenvalue weighted by molar-refractivity contribution is 7.89. The van der Waals surface area contributed by atoms with E-state index in [-0.39, 0.29) is 5.91 Å². The molecular formula is C15H20N2O4S. The molecule has 1 aromatic carbocycles. The Bertz CT molecular complexity index is 687. The van der Waals surface area contributed by atoms with Crippen molar-refractivity contribution in [2.75, 3.05) is 32.8 Å². The Morgan fingerprint density at radius 3 is 2.77 bits per heavy atom. The van der Waals surface area contributed by atoms with Crippen LogP contribution in [0.25, 0.3) is 0 Å². The number of benzene rings is 1. The first-order chi connectivity index (χ1) is 10.5. The summed E-state index contributed by atoms with van der Waals surface area (Å²) in [7, 11) is -3.52. The standard InChI is InChI=1S/C15H20N2O4S/c1-12(18)16-6-2-7-17(9-8-16)22(19,20)14-3-4-15-13(11-14)5-10-21-15/h3-4,11H,2,5-10H2,1H3. The van der Waals surface area contributed by atoms with E-state index >= 15 is 0 Å². The lowest BCUT2D eigenvalue weighted by Gasteiger charge is -2.21. The number of fused-ring (bicyclic) bond motifs is 1. The van der Waals surface area contributed by atoms with Gasteiger partial charge in [-0.25, -0.2) is 8.42 Å². The Kier molecular flexibility index (Phi) is 4.10. The Labute approximate surface area is 130 Å². The zero-order valence-electron chi connectivity index (χ0n) is 12.6. The van der Waals surface area contributed by atoms with E-state index in [9.17, 15) is 13.2 Å². The van der Waals surface area contributed by atoms with Gasteiger partial charge in [0.15, 0.2) is 0 Å². The van der Waals surface area contributed by atoms with E-state index in [1.807, 2.05) is 0 Å². The molecule has 0 aromatic heterocycles. The zero-order valence-corrected chi connectivity index (χ0v) is 13.4. The van der Waals surface area contributed by atoms with Crippen molar-refractivity contribution < 1.29 is 17.9 Å². The molecule has 1 saturated heterocycles. The molecule has 0 atom stereocenters. The minimum atomic E-state index is -3.52. The van der Waals surface area contributed by atoms with Crippen LogP contribution in [0.5, 0.6) is 5.75 Å². The van der Waals surface area contributed by atoms with Crippen LogP contribution in [0.3, 0.4) is 0 Å². The van der Waals surface area contributed by atoms with E-state index < -0.39 is 10.0 Å². The number of ether oxygens (including phenoxy) is 1. The van der Waals surface area contributed by atoms with Crippen molar-refractivity contribution >= 4 is 15.9 Å². The van der Waals surface area contributed by atoms with Gasteiger partial charge in [0, 0.05) is 39.5 Å². The van der Waals surface area contributed by atoms with Crippen molar-refractivity contribution in [3.63, 3.8) is 0 Å². The fourth-order valence-corrected chi connectivity index (χ4v) is 4.44. The van der Waals surface area contributed by atoms with Crippen LogP contribution in [-0.2, 0) is 21.2 Å². The van der Waals surface area contributed by atoms with Crippen LogP contribution in [0.2, 0.25) is 0 Å². The summed E-state index contributed by atoms with van der Waals surface area (Å²) in [5.74, 6) is 0.770. The molecule has 0 aliphatic carbocycles. The number of rotatable bonds is 2. The summed E-state index contributed by atoms with van der Waals surface area (Å²) in [5, 5.41) is 0. The molecule has 0 radical (unpaired) electrons. The molecule has 0 bridgehead atoms. The minimum Gasteiger partial charge on any atom is -0.493 e. The maximum atomic E-state index is 12.8. The molecule has 7 heteroatoms. The highest BCUT2D eigenvalue weighted by Gasteiger charge is 2.28. The van der Waals surface area contributed by atoms with E-state index in [2.05, 4.69) is 0 Å². The fourth-order valence-electron chi connectivity index (χ4n) is 2.92. The molecule has 2 aliphatic rings.